The van der Waals surface area contributed by atoms with Crippen LogP contribution in [0.15, 0.2) is 24.8 Å². The van der Waals surface area contributed by atoms with Gasteiger partial charge >= 0.3 is 11.9 Å². The summed E-state index contributed by atoms with van der Waals surface area (Å²) < 4.78 is 17.5. The maximum atomic E-state index is 13.2. The van der Waals surface area contributed by atoms with Crippen LogP contribution in [0.5, 0.6) is 0 Å². The van der Waals surface area contributed by atoms with Crippen LogP contribution in [0.3, 0.4) is 0 Å². The normalized spacial score (nSPS) is 9.62. The highest BCUT2D eigenvalue weighted by molar-refractivity contribution is 6.14. The number of hydrogen-bond acceptors (Lipinski definition) is 3. The van der Waals surface area contributed by atoms with Gasteiger partial charge in [-0.25, -0.2) is 14.0 Å². The molecule has 0 fully saturated rings. The fourth-order valence-electron chi connectivity index (χ4n) is 1.10. The van der Waals surface area contributed by atoms with Crippen molar-refractivity contribution in [2.45, 2.75) is 0 Å². The smallest absolute Gasteiger partial charge is 0.340 e. The number of hydrogen-bond donors (Lipinski definition) is 1. The second-order valence-electron chi connectivity index (χ2n) is 2.97. The van der Waals surface area contributed by atoms with Gasteiger partial charge in [-0.15, -0.1) is 0 Å². The van der Waals surface area contributed by atoms with E-state index in [-0.39, 0.29) is 16.7 Å². The number of carbonyl (C=O) groups is 2. The Hall–Kier alpha value is -2.17. The topological polar surface area (TPSA) is 63.6 Å². The van der Waals surface area contributed by atoms with Crippen molar-refractivity contribution in [3.8, 4) is 0 Å². The Labute approximate surface area is 91.0 Å². The standard InChI is InChI=1S/C11H9FO4/c1-6(10(13)14)7-3-4-9(12)8(5-7)11(15)16-2/h3-5H,1H2,2H3,(H,13,14). The van der Waals surface area contributed by atoms with Crippen LogP contribution < -0.4 is 0 Å². The molecule has 0 aromatic heterocycles. The number of carboxylic acid groups (broad SMARTS) is 1. The van der Waals surface area contributed by atoms with Crippen molar-refractivity contribution < 1.29 is 23.8 Å². The second-order valence-corrected chi connectivity index (χ2v) is 2.97. The van der Waals surface area contributed by atoms with Gasteiger partial charge in [0.25, 0.3) is 0 Å². The summed E-state index contributed by atoms with van der Waals surface area (Å²) in [6.07, 6.45) is 0. The van der Waals surface area contributed by atoms with Crippen LogP contribution in [0.2, 0.25) is 0 Å². The Kier molecular flexibility index (Phi) is 3.40. The molecular formula is C11H9FO4. The molecule has 16 heavy (non-hydrogen) atoms. The van der Waals surface area contributed by atoms with E-state index in [9.17, 15) is 14.0 Å². The molecule has 0 saturated carbocycles. The van der Waals surface area contributed by atoms with Gasteiger partial charge in [0.15, 0.2) is 0 Å². The molecule has 4 nitrogen and oxygen atoms in total. The molecule has 1 aromatic carbocycles. The van der Waals surface area contributed by atoms with Crippen molar-refractivity contribution >= 4 is 17.5 Å². The summed E-state index contributed by atoms with van der Waals surface area (Å²) in [6, 6.07) is 3.32. The average molecular weight is 224 g/mol. The zero-order valence-corrected chi connectivity index (χ0v) is 8.49. The molecule has 0 heterocycles. The SMILES string of the molecule is C=C(C(=O)O)c1ccc(F)c(C(=O)OC)c1. The Morgan fingerprint density at radius 1 is 1.44 bits per heavy atom. The minimum atomic E-state index is -1.23. The molecule has 0 aliphatic heterocycles. The first kappa shape index (κ1) is 11.9. The first-order valence-electron chi connectivity index (χ1n) is 4.27. The minimum Gasteiger partial charge on any atom is -0.478 e. The molecule has 1 rings (SSSR count). The lowest BCUT2D eigenvalue weighted by atomic mass is 10.0. The van der Waals surface area contributed by atoms with Gasteiger partial charge in [0, 0.05) is 0 Å². The third-order valence-electron chi connectivity index (χ3n) is 1.98. The molecule has 1 N–H and O–H groups in total. The molecule has 5 heteroatoms. The highest BCUT2D eigenvalue weighted by Gasteiger charge is 2.15. The van der Waals surface area contributed by atoms with Gasteiger partial charge in [-0.1, -0.05) is 12.6 Å². The molecule has 0 aliphatic carbocycles. The maximum Gasteiger partial charge on any atom is 0.340 e. The zero-order chi connectivity index (χ0) is 12.3. The van der Waals surface area contributed by atoms with E-state index >= 15 is 0 Å². The summed E-state index contributed by atoms with van der Waals surface area (Å²) in [4.78, 5) is 21.8. The molecule has 0 bridgehead atoms. The van der Waals surface area contributed by atoms with Gasteiger partial charge in [0.2, 0.25) is 0 Å². The van der Waals surface area contributed by atoms with Crippen LogP contribution in [-0.4, -0.2) is 24.2 Å². The number of esters is 1. The number of rotatable bonds is 3. The predicted octanol–water partition coefficient (Wildman–Crippen LogP) is 1.71. The van der Waals surface area contributed by atoms with Crippen molar-refractivity contribution in [3.63, 3.8) is 0 Å². The summed E-state index contributed by atoms with van der Waals surface area (Å²) in [5, 5.41) is 8.68. The average Bonchev–Trinajstić information content (AvgIpc) is 2.27. The molecule has 0 spiro atoms. The van der Waals surface area contributed by atoms with E-state index in [0.717, 1.165) is 19.2 Å². The molecule has 0 saturated heterocycles. The van der Waals surface area contributed by atoms with E-state index in [0.29, 0.717) is 0 Å². The quantitative estimate of drug-likeness (QED) is 0.627. The summed E-state index contributed by atoms with van der Waals surface area (Å²) in [7, 11) is 1.11. The summed E-state index contributed by atoms with van der Waals surface area (Å²) in [5.74, 6) is -2.87. The highest BCUT2D eigenvalue weighted by Crippen LogP contribution is 2.17. The second kappa shape index (κ2) is 4.57. The van der Waals surface area contributed by atoms with Crippen LogP contribution in [0.25, 0.3) is 5.57 Å². The summed E-state index contributed by atoms with van der Waals surface area (Å²) in [6.45, 7) is 3.31. The van der Waals surface area contributed by atoms with Gasteiger partial charge in [-0.3, -0.25) is 0 Å². The molecule has 1 aromatic rings. The van der Waals surface area contributed by atoms with Crippen molar-refractivity contribution in [1.82, 2.24) is 0 Å². The number of carbonyl (C=O) groups excluding carboxylic acids is 1. The number of carboxylic acids is 1. The lowest BCUT2D eigenvalue weighted by Gasteiger charge is -2.05. The van der Waals surface area contributed by atoms with E-state index in [1.54, 1.807) is 0 Å². The third kappa shape index (κ3) is 2.25. The first-order valence-corrected chi connectivity index (χ1v) is 4.27. The van der Waals surface area contributed by atoms with E-state index < -0.39 is 17.8 Å². The van der Waals surface area contributed by atoms with Crippen LogP contribution in [0, 0.1) is 5.82 Å². The minimum absolute atomic E-state index is 0.161. The highest BCUT2D eigenvalue weighted by atomic mass is 19.1. The number of methoxy groups -OCH3 is 1. The number of halogens is 1. The molecule has 0 unspecified atom stereocenters. The molecule has 0 amide bonds. The van der Waals surface area contributed by atoms with Crippen molar-refractivity contribution in [2.24, 2.45) is 0 Å². The predicted molar refractivity (Wildman–Crippen MR) is 54.4 cm³/mol. The molecular weight excluding hydrogens is 215 g/mol. The van der Waals surface area contributed by atoms with Crippen molar-refractivity contribution in [3.05, 3.63) is 41.7 Å². The fraction of sp³-hybridized carbons (Fsp3) is 0.0909. The monoisotopic (exact) mass is 224 g/mol. The van der Waals surface area contributed by atoms with E-state index in [1.807, 2.05) is 0 Å². The molecule has 0 radical (unpaired) electrons. The fourth-order valence-corrected chi connectivity index (χ4v) is 1.10. The lowest BCUT2D eigenvalue weighted by molar-refractivity contribution is -0.130. The van der Waals surface area contributed by atoms with Gasteiger partial charge in [0.1, 0.15) is 5.82 Å². The van der Waals surface area contributed by atoms with Crippen molar-refractivity contribution in [1.29, 1.82) is 0 Å². The van der Waals surface area contributed by atoms with Gasteiger partial charge in [0.05, 0.1) is 18.2 Å². The van der Waals surface area contributed by atoms with Crippen LogP contribution in [0.4, 0.5) is 4.39 Å². The maximum absolute atomic E-state index is 13.2. The van der Waals surface area contributed by atoms with Crippen LogP contribution in [0.1, 0.15) is 15.9 Å². The summed E-state index contributed by atoms with van der Waals surface area (Å²) >= 11 is 0. The van der Waals surface area contributed by atoms with Gasteiger partial charge in [-0.05, 0) is 17.7 Å². The Morgan fingerprint density at radius 2 is 2.06 bits per heavy atom. The molecule has 84 valence electrons. The number of benzene rings is 1. The number of ether oxygens (including phenoxy) is 1. The number of aliphatic carboxylic acids is 1. The lowest BCUT2D eigenvalue weighted by Crippen LogP contribution is -2.06. The first-order chi connectivity index (χ1) is 7.47. The van der Waals surface area contributed by atoms with Crippen LogP contribution in [-0.2, 0) is 9.53 Å². The Bertz CT molecular complexity index is 465. The third-order valence-corrected chi connectivity index (χ3v) is 1.98. The Morgan fingerprint density at radius 3 is 2.56 bits per heavy atom. The van der Waals surface area contributed by atoms with Gasteiger partial charge in [-0.2, -0.15) is 0 Å². The van der Waals surface area contributed by atoms with E-state index in [2.05, 4.69) is 11.3 Å². The van der Waals surface area contributed by atoms with E-state index in [4.69, 9.17) is 5.11 Å². The summed E-state index contributed by atoms with van der Waals surface area (Å²) in [5.41, 5.74) is -0.373. The van der Waals surface area contributed by atoms with Crippen LogP contribution >= 0.6 is 0 Å². The van der Waals surface area contributed by atoms with Crippen molar-refractivity contribution in [2.75, 3.05) is 7.11 Å². The van der Waals surface area contributed by atoms with E-state index in [1.165, 1.54) is 6.07 Å². The van der Waals surface area contributed by atoms with Gasteiger partial charge < -0.3 is 9.84 Å². The molecule has 0 atom stereocenters. The molecule has 0 aliphatic rings. The zero-order valence-electron chi connectivity index (χ0n) is 8.49. The Balaban J connectivity index is 3.22. The largest absolute Gasteiger partial charge is 0.478 e.